The second-order valence-corrected chi connectivity index (χ2v) is 4.83. The number of rotatable bonds is 4. The number of halogens is 4. The van der Waals surface area contributed by atoms with Gasteiger partial charge >= 0.3 is 6.18 Å². The highest BCUT2D eigenvalue weighted by atomic mass is 35.5. The number of aldehydes is 1. The van der Waals surface area contributed by atoms with E-state index < -0.39 is 11.7 Å². The number of benzene rings is 1. The number of aryl methyl sites for hydroxylation is 1. The Bertz CT molecular complexity index is 647. The Morgan fingerprint density at radius 3 is 2.38 bits per heavy atom. The number of aromatic nitrogens is 2. The van der Waals surface area contributed by atoms with E-state index >= 15 is 0 Å². The molecule has 1 aromatic carbocycles. The van der Waals surface area contributed by atoms with E-state index in [1.807, 2.05) is 6.92 Å². The summed E-state index contributed by atoms with van der Waals surface area (Å²) in [6.45, 7) is 1.93. The molecule has 0 saturated heterocycles. The van der Waals surface area contributed by atoms with Gasteiger partial charge in [-0.3, -0.25) is 4.79 Å². The van der Waals surface area contributed by atoms with Crippen molar-refractivity contribution < 1.29 is 18.0 Å². The van der Waals surface area contributed by atoms with Gasteiger partial charge in [0.15, 0.2) is 6.29 Å². The molecule has 7 heteroatoms. The highest BCUT2D eigenvalue weighted by Gasteiger charge is 2.30. The monoisotopic (exact) mass is 316 g/mol. The molecule has 0 aliphatic heterocycles. The van der Waals surface area contributed by atoms with Crippen LogP contribution in [0.2, 0.25) is 5.15 Å². The summed E-state index contributed by atoms with van der Waals surface area (Å²) in [5.74, 6) is 0. The van der Waals surface area contributed by atoms with Crippen molar-refractivity contribution in [1.29, 1.82) is 0 Å². The minimum atomic E-state index is -4.40. The van der Waals surface area contributed by atoms with Gasteiger partial charge in [0.2, 0.25) is 0 Å². The molecule has 21 heavy (non-hydrogen) atoms. The Morgan fingerprint density at radius 2 is 1.90 bits per heavy atom. The molecule has 0 aliphatic rings. The normalized spacial score (nSPS) is 11.7. The molecule has 0 amide bonds. The Labute approximate surface area is 124 Å². The maximum atomic E-state index is 12.5. The molecule has 2 aromatic rings. The molecule has 0 atom stereocenters. The molecule has 0 aliphatic carbocycles. The first-order chi connectivity index (χ1) is 9.88. The summed E-state index contributed by atoms with van der Waals surface area (Å²) in [7, 11) is 0. The first-order valence-electron chi connectivity index (χ1n) is 6.28. The van der Waals surface area contributed by atoms with Crippen LogP contribution < -0.4 is 0 Å². The van der Waals surface area contributed by atoms with Gasteiger partial charge in [-0.1, -0.05) is 24.9 Å². The lowest BCUT2D eigenvalue weighted by atomic mass is 10.2. The van der Waals surface area contributed by atoms with E-state index in [2.05, 4.69) is 5.10 Å². The molecule has 0 fully saturated rings. The molecular weight excluding hydrogens is 305 g/mol. The highest BCUT2D eigenvalue weighted by Crippen LogP contribution is 2.30. The van der Waals surface area contributed by atoms with Gasteiger partial charge in [-0.2, -0.15) is 18.3 Å². The summed E-state index contributed by atoms with van der Waals surface area (Å²) in [5.41, 5.74) is 0.438. The van der Waals surface area contributed by atoms with E-state index in [4.69, 9.17) is 11.6 Å². The van der Waals surface area contributed by atoms with Gasteiger partial charge in [-0.15, -0.1) is 0 Å². The lowest BCUT2D eigenvalue weighted by Gasteiger charge is -2.08. The summed E-state index contributed by atoms with van der Waals surface area (Å²) in [6, 6.07) is 4.44. The minimum absolute atomic E-state index is 0.105. The maximum absolute atomic E-state index is 12.5. The Balaban J connectivity index is 2.45. The number of hydrogen-bond donors (Lipinski definition) is 0. The smallest absolute Gasteiger partial charge is 0.298 e. The molecule has 0 spiro atoms. The number of carbonyl (C=O) groups is 1. The van der Waals surface area contributed by atoms with Crippen molar-refractivity contribution in [2.45, 2.75) is 25.9 Å². The van der Waals surface area contributed by atoms with E-state index in [0.717, 1.165) is 18.6 Å². The van der Waals surface area contributed by atoms with Crippen LogP contribution in [0.15, 0.2) is 24.3 Å². The zero-order valence-electron chi connectivity index (χ0n) is 11.1. The fraction of sp³-hybridized carbons (Fsp3) is 0.286. The van der Waals surface area contributed by atoms with E-state index in [1.54, 1.807) is 0 Å². The topological polar surface area (TPSA) is 34.9 Å². The highest BCUT2D eigenvalue weighted by molar-refractivity contribution is 6.32. The fourth-order valence-corrected chi connectivity index (χ4v) is 2.24. The number of alkyl halides is 3. The second-order valence-electron chi connectivity index (χ2n) is 4.48. The van der Waals surface area contributed by atoms with Crippen LogP contribution >= 0.6 is 11.6 Å². The molecule has 0 radical (unpaired) electrons. The molecule has 3 nitrogen and oxygen atoms in total. The van der Waals surface area contributed by atoms with E-state index in [1.165, 1.54) is 16.8 Å². The van der Waals surface area contributed by atoms with Crippen LogP contribution in [0.4, 0.5) is 13.2 Å². The lowest BCUT2D eigenvalue weighted by Crippen LogP contribution is -2.05. The molecule has 0 N–H and O–H groups in total. The van der Waals surface area contributed by atoms with E-state index in [0.29, 0.717) is 24.1 Å². The number of carbonyl (C=O) groups excluding carboxylic acids is 1. The van der Waals surface area contributed by atoms with Gasteiger partial charge in [-0.25, -0.2) is 4.68 Å². The third-order valence-electron chi connectivity index (χ3n) is 2.98. The summed E-state index contributed by atoms with van der Waals surface area (Å²) in [6.07, 6.45) is -2.43. The zero-order valence-corrected chi connectivity index (χ0v) is 11.9. The Morgan fingerprint density at radius 1 is 1.29 bits per heavy atom. The van der Waals surface area contributed by atoms with E-state index in [-0.39, 0.29) is 10.7 Å². The van der Waals surface area contributed by atoms with Crippen LogP contribution in [0.25, 0.3) is 5.69 Å². The molecule has 0 saturated carbocycles. The number of nitrogens with zero attached hydrogens (tertiary/aromatic N) is 2. The molecule has 0 bridgehead atoms. The van der Waals surface area contributed by atoms with Crippen LogP contribution in [0.5, 0.6) is 0 Å². The first-order valence-corrected chi connectivity index (χ1v) is 6.66. The van der Waals surface area contributed by atoms with Gasteiger partial charge in [0.05, 0.1) is 22.5 Å². The summed E-state index contributed by atoms with van der Waals surface area (Å²) < 4.78 is 38.9. The Kier molecular flexibility index (Phi) is 4.37. The van der Waals surface area contributed by atoms with Crippen molar-refractivity contribution >= 4 is 17.9 Å². The van der Waals surface area contributed by atoms with Crippen LogP contribution in [0.3, 0.4) is 0 Å². The quantitative estimate of drug-likeness (QED) is 0.788. The van der Waals surface area contributed by atoms with Crippen molar-refractivity contribution in [3.05, 3.63) is 46.2 Å². The largest absolute Gasteiger partial charge is 0.416 e. The summed E-state index contributed by atoms with van der Waals surface area (Å²) in [5, 5.41) is 4.31. The molecule has 2 rings (SSSR count). The fourth-order valence-electron chi connectivity index (χ4n) is 1.95. The Hall–Kier alpha value is -1.82. The van der Waals surface area contributed by atoms with Gasteiger partial charge in [0, 0.05) is 0 Å². The van der Waals surface area contributed by atoms with Gasteiger partial charge in [0.1, 0.15) is 5.15 Å². The SMILES string of the molecule is CCCc1nn(-c2ccc(C(F)(F)F)cc2)c(Cl)c1C=O. The molecule has 1 aromatic heterocycles. The molecular formula is C14H12ClF3N2O. The van der Waals surface area contributed by atoms with Crippen LogP contribution in [0, 0.1) is 0 Å². The summed E-state index contributed by atoms with van der Waals surface area (Å²) in [4.78, 5) is 11.1. The van der Waals surface area contributed by atoms with Gasteiger partial charge in [-0.05, 0) is 30.7 Å². The molecule has 112 valence electrons. The standard InChI is InChI=1S/C14H12ClF3N2O/c1-2-3-12-11(8-21)13(15)20(19-12)10-6-4-9(5-7-10)14(16,17)18/h4-8H,2-3H2,1H3. The predicted molar refractivity (Wildman–Crippen MR) is 73.0 cm³/mol. The van der Waals surface area contributed by atoms with Crippen molar-refractivity contribution in [3.8, 4) is 5.69 Å². The van der Waals surface area contributed by atoms with Crippen molar-refractivity contribution in [1.82, 2.24) is 9.78 Å². The van der Waals surface area contributed by atoms with E-state index in [9.17, 15) is 18.0 Å². The van der Waals surface area contributed by atoms with Crippen LogP contribution in [0.1, 0.15) is 35.0 Å². The second kappa shape index (κ2) is 5.89. The third-order valence-corrected chi connectivity index (χ3v) is 3.35. The average molecular weight is 317 g/mol. The molecule has 1 heterocycles. The average Bonchev–Trinajstić information content (AvgIpc) is 2.74. The zero-order chi connectivity index (χ0) is 15.6. The lowest BCUT2D eigenvalue weighted by molar-refractivity contribution is -0.137. The summed E-state index contributed by atoms with van der Waals surface area (Å²) >= 11 is 6.08. The van der Waals surface area contributed by atoms with Crippen LogP contribution in [-0.4, -0.2) is 16.1 Å². The molecule has 0 unspecified atom stereocenters. The third kappa shape index (κ3) is 3.10. The number of hydrogen-bond acceptors (Lipinski definition) is 2. The van der Waals surface area contributed by atoms with Crippen molar-refractivity contribution in [2.24, 2.45) is 0 Å². The van der Waals surface area contributed by atoms with Crippen molar-refractivity contribution in [2.75, 3.05) is 0 Å². The minimum Gasteiger partial charge on any atom is -0.298 e. The van der Waals surface area contributed by atoms with Gasteiger partial charge in [0.25, 0.3) is 0 Å². The predicted octanol–water partition coefficient (Wildman–Crippen LogP) is 4.31. The van der Waals surface area contributed by atoms with Crippen LogP contribution in [-0.2, 0) is 12.6 Å². The van der Waals surface area contributed by atoms with Crippen molar-refractivity contribution in [3.63, 3.8) is 0 Å². The first kappa shape index (κ1) is 15.6. The maximum Gasteiger partial charge on any atom is 0.416 e. The van der Waals surface area contributed by atoms with Gasteiger partial charge < -0.3 is 0 Å².